The third-order valence-electron chi connectivity index (χ3n) is 10.3. The number of rotatable bonds is 10. The second kappa shape index (κ2) is 14.7. The Morgan fingerprint density at radius 3 is 2.04 bits per heavy atom. The van der Waals surface area contributed by atoms with Gasteiger partial charge in [-0.2, -0.15) is 0 Å². The van der Waals surface area contributed by atoms with Gasteiger partial charge in [-0.05, 0) is 131 Å². The summed E-state index contributed by atoms with van der Waals surface area (Å²) in [6.45, 7) is 0.0920. The van der Waals surface area contributed by atoms with E-state index in [4.69, 9.17) is 4.74 Å². The van der Waals surface area contributed by atoms with Crippen molar-refractivity contribution in [3.05, 3.63) is 166 Å². The van der Waals surface area contributed by atoms with Crippen molar-refractivity contribution in [3.63, 3.8) is 0 Å². The van der Waals surface area contributed by atoms with Gasteiger partial charge in [0.15, 0.2) is 0 Å². The zero-order valence-corrected chi connectivity index (χ0v) is 29.7. The van der Waals surface area contributed by atoms with Gasteiger partial charge in [0.25, 0.3) is 0 Å². The molecule has 9 rings (SSSR count). The number of fused-ring (bicyclic) bond motifs is 2. The van der Waals surface area contributed by atoms with E-state index in [-0.39, 0.29) is 23.6 Å². The molecule has 2 fully saturated rings. The predicted octanol–water partition coefficient (Wildman–Crippen LogP) is 9.35. The molecule has 0 bridgehead atoms. The van der Waals surface area contributed by atoms with Gasteiger partial charge in [0.1, 0.15) is 11.6 Å². The van der Waals surface area contributed by atoms with Gasteiger partial charge >= 0.3 is 11.9 Å². The van der Waals surface area contributed by atoms with Crippen molar-refractivity contribution in [2.75, 3.05) is 7.11 Å². The second-order valence-corrected chi connectivity index (χ2v) is 14.2. The molecule has 8 nitrogen and oxygen atoms in total. The van der Waals surface area contributed by atoms with E-state index in [1.807, 2.05) is 48.8 Å². The first-order valence-electron chi connectivity index (χ1n) is 18.1. The fourth-order valence-electron chi connectivity index (χ4n) is 7.00. The lowest BCUT2D eigenvalue weighted by molar-refractivity contribution is 0.0598. The molecule has 0 unspecified atom stereocenters. The minimum absolute atomic E-state index is 0.0233. The van der Waals surface area contributed by atoms with Gasteiger partial charge in [-0.3, -0.25) is 9.97 Å². The Morgan fingerprint density at radius 1 is 0.796 bits per heavy atom. The number of methoxy groups -OCH3 is 1. The van der Waals surface area contributed by atoms with E-state index in [1.165, 1.54) is 38.2 Å². The molecule has 0 atom stereocenters. The van der Waals surface area contributed by atoms with Crippen LogP contribution in [0.3, 0.4) is 0 Å². The number of H-pyrrole nitrogens is 1. The Bertz CT molecular complexity index is 2510. The number of esters is 1. The number of carbonyl (C=O) groups excluding carboxylic acids is 1. The average Bonchev–Trinajstić information content (AvgIpc) is 4.12. The van der Waals surface area contributed by atoms with E-state index in [0.717, 1.165) is 62.6 Å². The summed E-state index contributed by atoms with van der Waals surface area (Å²) in [6.07, 6.45) is 13.0. The van der Waals surface area contributed by atoms with E-state index >= 15 is 0 Å². The highest BCUT2D eigenvalue weighted by Crippen LogP contribution is 2.41. The summed E-state index contributed by atoms with van der Waals surface area (Å²) in [5.41, 5.74) is 8.33. The number of carbonyl (C=O) groups is 2. The Morgan fingerprint density at radius 2 is 1.41 bits per heavy atom. The number of carboxylic acid groups (broad SMARTS) is 1. The van der Waals surface area contributed by atoms with Crippen LogP contribution in [0.4, 0.5) is 8.78 Å². The SMILES string of the molecule is COC(=O)c1cc(C2CC2)cnc1Cc1ccc2[nH]ccc2c1.O=C(O)c1cc(C2CC2)cnc1Cc1ccc2c(ccn2Cc2c(F)cccc2F)c1. The van der Waals surface area contributed by atoms with Gasteiger partial charge in [-0.25, -0.2) is 18.4 Å². The third kappa shape index (κ3) is 7.50. The summed E-state index contributed by atoms with van der Waals surface area (Å²) in [7, 11) is 1.42. The fourth-order valence-corrected chi connectivity index (χ4v) is 7.00. The van der Waals surface area contributed by atoms with Crippen molar-refractivity contribution in [1.82, 2.24) is 19.5 Å². The number of aromatic carboxylic acids is 1. The van der Waals surface area contributed by atoms with Crippen molar-refractivity contribution >= 4 is 33.7 Å². The standard InChI is InChI=1S/C25H20F2N2O2.C19H18N2O2/c26-21-2-1-3-22(27)20(21)14-29-9-8-17-10-15(4-7-24(17)29)11-23-19(25(30)31)12-18(13-28-23)16-5-6-16;1-23-19(22)16-10-15(13-3-4-13)11-21-18(16)9-12-2-5-17-14(8-12)6-7-20-17/h1-4,7-10,12-13,16H,5-6,11,14H2,(H,30,31);2,5-8,10-11,13,20H,3-4,9H2,1H3. The maximum Gasteiger partial charge on any atom is 0.339 e. The molecular weight excluding hydrogens is 687 g/mol. The van der Waals surface area contributed by atoms with Crippen molar-refractivity contribution in [2.45, 2.75) is 56.9 Å². The molecule has 272 valence electrons. The summed E-state index contributed by atoms with van der Waals surface area (Å²) in [5, 5.41) is 11.7. The van der Waals surface area contributed by atoms with Crippen LogP contribution in [-0.2, 0) is 24.1 Å². The topological polar surface area (TPSA) is 110 Å². The molecule has 0 saturated heterocycles. The summed E-state index contributed by atoms with van der Waals surface area (Å²) in [6, 6.07) is 23.5. The zero-order valence-electron chi connectivity index (χ0n) is 29.7. The first-order chi connectivity index (χ1) is 26.2. The molecule has 0 spiro atoms. The van der Waals surface area contributed by atoms with Crippen LogP contribution in [0.15, 0.2) is 104 Å². The van der Waals surface area contributed by atoms with Gasteiger partial charge in [-0.1, -0.05) is 18.2 Å². The number of aromatic amines is 1. The van der Waals surface area contributed by atoms with Crippen LogP contribution >= 0.6 is 0 Å². The number of carboxylic acids is 1. The number of aromatic nitrogens is 4. The number of pyridine rings is 2. The molecule has 0 aliphatic heterocycles. The number of ether oxygens (including phenoxy) is 1. The number of hydrogen-bond donors (Lipinski definition) is 2. The average molecular weight is 725 g/mol. The molecule has 7 aromatic rings. The molecule has 2 saturated carbocycles. The van der Waals surface area contributed by atoms with Crippen LogP contribution < -0.4 is 0 Å². The highest BCUT2D eigenvalue weighted by molar-refractivity contribution is 5.91. The van der Waals surface area contributed by atoms with Crippen LogP contribution in [0.1, 0.15) is 97.4 Å². The normalized spacial score (nSPS) is 13.8. The van der Waals surface area contributed by atoms with E-state index in [9.17, 15) is 23.5 Å². The number of nitrogens with zero attached hydrogens (tertiary/aromatic N) is 3. The first-order valence-corrected chi connectivity index (χ1v) is 18.1. The molecule has 2 aliphatic carbocycles. The highest BCUT2D eigenvalue weighted by Gasteiger charge is 2.27. The molecule has 4 heterocycles. The van der Waals surface area contributed by atoms with Crippen LogP contribution in [0, 0.1) is 11.6 Å². The predicted molar refractivity (Wildman–Crippen MR) is 202 cm³/mol. The molecule has 0 radical (unpaired) electrons. The number of halogens is 2. The molecule has 0 amide bonds. The molecule has 2 N–H and O–H groups in total. The van der Waals surface area contributed by atoms with E-state index in [0.29, 0.717) is 35.9 Å². The maximum atomic E-state index is 14.0. The lowest BCUT2D eigenvalue weighted by Crippen LogP contribution is -2.09. The quantitative estimate of drug-likeness (QED) is 0.136. The second-order valence-electron chi connectivity index (χ2n) is 14.2. The monoisotopic (exact) mass is 724 g/mol. The summed E-state index contributed by atoms with van der Waals surface area (Å²) >= 11 is 0. The van der Waals surface area contributed by atoms with Crippen molar-refractivity contribution in [2.24, 2.45) is 0 Å². The minimum atomic E-state index is -0.968. The van der Waals surface area contributed by atoms with E-state index < -0.39 is 17.6 Å². The summed E-state index contributed by atoms with van der Waals surface area (Å²) in [4.78, 5) is 36.1. The molecule has 2 aliphatic rings. The molecule has 54 heavy (non-hydrogen) atoms. The van der Waals surface area contributed by atoms with Gasteiger partial charge in [0.05, 0.1) is 36.2 Å². The summed E-state index contributed by atoms with van der Waals surface area (Å²) < 4.78 is 34.8. The summed E-state index contributed by atoms with van der Waals surface area (Å²) in [5.74, 6) is -1.41. The lowest BCUT2D eigenvalue weighted by Gasteiger charge is -2.10. The Balaban J connectivity index is 0.000000160. The largest absolute Gasteiger partial charge is 0.478 e. The van der Waals surface area contributed by atoms with Crippen LogP contribution in [0.2, 0.25) is 0 Å². The fraction of sp³-hybridized carbons (Fsp3) is 0.227. The van der Waals surface area contributed by atoms with Crippen molar-refractivity contribution in [3.8, 4) is 0 Å². The van der Waals surface area contributed by atoms with Gasteiger partial charge in [-0.15, -0.1) is 0 Å². The number of hydrogen-bond acceptors (Lipinski definition) is 5. The minimum Gasteiger partial charge on any atom is -0.478 e. The van der Waals surface area contributed by atoms with Crippen LogP contribution in [0.25, 0.3) is 21.8 Å². The number of benzene rings is 3. The van der Waals surface area contributed by atoms with Gasteiger partial charge in [0.2, 0.25) is 0 Å². The molecule has 3 aromatic carbocycles. The zero-order chi connectivity index (χ0) is 37.3. The van der Waals surface area contributed by atoms with Crippen molar-refractivity contribution in [1.29, 1.82) is 0 Å². The lowest BCUT2D eigenvalue weighted by atomic mass is 10.0. The smallest absolute Gasteiger partial charge is 0.339 e. The van der Waals surface area contributed by atoms with Crippen molar-refractivity contribution < 1.29 is 28.2 Å². The Kier molecular flexibility index (Phi) is 9.50. The maximum absolute atomic E-state index is 14.0. The highest BCUT2D eigenvalue weighted by atomic mass is 19.1. The third-order valence-corrected chi connectivity index (χ3v) is 10.3. The molecular formula is C44H38F2N4O4. The van der Waals surface area contributed by atoms with Crippen LogP contribution in [-0.4, -0.2) is 43.7 Å². The number of nitrogens with one attached hydrogen (secondary N) is 1. The van der Waals surface area contributed by atoms with E-state index in [1.54, 1.807) is 23.0 Å². The first kappa shape index (κ1) is 34.9. The van der Waals surface area contributed by atoms with Gasteiger partial charge < -0.3 is 19.4 Å². The molecule has 10 heteroatoms. The van der Waals surface area contributed by atoms with Crippen LogP contribution in [0.5, 0.6) is 0 Å². The Hall–Kier alpha value is -6.16. The van der Waals surface area contributed by atoms with E-state index in [2.05, 4.69) is 33.2 Å². The Labute approximate surface area is 310 Å². The molecule has 4 aromatic heterocycles. The van der Waals surface area contributed by atoms with Gasteiger partial charge in [0, 0.05) is 54.2 Å².